The molecular weight excluding hydrogens is 356 g/mol. The molecule has 0 aromatic rings. The molecule has 3 N–H and O–H groups in total. The molecule has 162 valence electrons. The third-order valence-corrected chi connectivity index (χ3v) is 5.83. The Morgan fingerprint density at radius 1 is 1.25 bits per heavy atom. The van der Waals surface area contributed by atoms with Crippen LogP contribution in [-0.4, -0.2) is 46.7 Å². The smallest absolute Gasteiger partial charge is 0.305 e. The van der Waals surface area contributed by atoms with Crippen molar-refractivity contribution >= 4 is 5.97 Å². The molecule has 28 heavy (non-hydrogen) atoms. The molecule has 5 nitrogen and oxygen atoms in total. The standard InChI is InChI=1S/C23H40O5/c1-4-5-10-14-23(2,27)15-13-19-18(17-24)16-21(25)20(19)11-8-6-7-9-12-22(26)28-3/h6,8,13,15,18-21,24-25,27H,4-5,7,9-12,14,16-17H2,1-3H3/b8-6-,15-13+/t18-,19-,20+,21+,23?/m0/s1. The van der Waals surface area contributed by atoms with Crippen LogP contribution in [0.3, 0.4) is 0 Å². The fourth-order valence-corrected chi connectivity index (χ4v) is 4.03. The van der Waals surface area contributed by atoms with Gasteiger partial charge < -0.3 is 20.1 Å². The molecule has 0 spiro atoms. The number of ether oxygens (including phenoxy) is 1. The van der Waals surface area contributed by atoms with E-state index in [2.05, 4.69) is 17.7 Å². The van der Waals surface area contributed by atoms with Gasteiger partial charge in [0.1, 0.15) is 0 Å². The van der Waals surface area contributed by atoms with Gasteiger partial charge in [0, 0.05) is 13.0 Å². The van der Waals surface area contributed by atoms with Crippen LogP contribution in [0.1, 0.15) is 71.6 Å². The number of unbranched alkanes of at least 4 members (excludes halogenated alkanes) is 3. The van der Waals surface area contributed by atoms with Crippen LogP contribution in [0, 0.1) is 17.8 Å². The molecule has 0 aromatic heterocycles. The van der Waals surface area contributed by atoms with Gasteiger partial charge in [0.05, 0.1) is 18.8 Å². The topological polar surface area (TPSA) is 87.0 Å². The van der Waals surface area contributed by atoms with Gasteiger partial charge in [-0.1, -0.05) is 50.5 Å². The summed E-state index contributed by atoms with van der Waals surface area (Å²) >= 11 is 0. The van der Waals surface area contributed by atoms with Gasteiger partial charge in [-0.3, -0.25) is 4.79 Å². The summed E-state index contributed by atoms with van der Waals surface area (Å²) in [7, 11) is 1.39. The van der Waals surface area contributed by atoms with E-state index >= 15 is 0 Å². The lowest BCUT2D eigenvalue weighted by Gasteiger charge is -2.24. The van der Waals surface area contributed by atoms with E-state index in [4.69, 9.17) is 0 Å². The average molecular weight is 397 g/mol. The van der Waals surface area contributed by atoms with E-state index in [0.29, 0.717) is 12.8 Å². The maximum atomic E-state index is 11.1. The van der Waals surface area contributed by atoms with E-state index in [9.17, 15) is 20.1 Å². The second-order valence-electron chi connectivity index (χ2n) is 8.34. The second-order valence-corrected chi connectivity index (χ2v) is 8.34. The number of esters is 1. The van der Waals surface area contributed by atoms with Gasteiger partial charge in [-0.15, -0.1) is 0 Å². The fourth-order valence-electron chi connectivity index (χ4n) is 4.03. The maximum Gasteiger partial charge on any atom is 0.305 e. The highest BCUT2D eigenvalue weighted by atomic mass is 16.5. The summed E-state index contributed by atoms with van der Waals surface area (Å²) in [5.74, 6) is -0.0777. The molecule has 1 rings (SSSR count). The van der Waals surface area contributed by atoms with E-state index in [1.807, 2.05) is 25.2 Å². The number of methoxy groups -OCH3 is 1. The van der Waals surface area contributed by atoms with Gasteiger partial charge in [-0.05, 0) is 56.8 Å². The van der Waals surface area contributed by atoms with Crippen LogP contribution in [0.25, 0.3) is 0 Å². The van der Waals surface area contributed by atoms with E-state index in [1.165, 1.54) is 7.11 Å². The van der Waals surface area contributed by atoms with Gasteiger partial charge in [0.15, 0.2) is 0 Å². The van der Waals surface area contributed by atoms with E-state index in [1.54, 1.807) is 0 Å². The molecule has 5 heteroatoms. The SMILES string of the molecule is CCCCCC(C)(O)/C=C/[C@H]1[C@H](CO)C[C@@H](O)[C@@H]1C/C=C\CCCC(=O)OC. The summed E-state index contributed by atoms with van der Waals surface area (Å²) in [6.45, 7) is 4.02. The van der Waals surface area contributed by atoms with Gasteiger partial charge in [-0.25, -0.2) is 0 Å². The van der Waals surface area contributed by atoms with Crippen molar-refractivity contribution in [2.45, 2.75) is 83.3 Å². The first-order valence-corrected chi connectivity index (χ1v) is 10.8. The molecule has 1 fully saturated rings. The monoisotopic (exact) mass is 396 g/mol. The number of hydrogen-bond donors (Lipinski definition) is 3. The van der Waals surface area contributed by atoms with Crippen LogP contribution in [0.15, 0.2) is 24.3 Å². The fraction of sp³-hybridized carbons (Fsp3) is 0.783. The predicted molar refractivity (Wildman–Crippen MR) is 112 cm³/mol. The van der Waals surface area contributed by atoms with Gasteiger partial charge in [0.25, 0.3) is 0 Å². The van der Waals surface area contributed by atoms with Crippen molar-refractivity contribution in [3.8, 4) is 0 Å². The van der Waals surface area contributed by atoms with E-state index in [0.717, 1.165) is 44.9 Å². The third-order valence-electron chi connectivity index (χ3n) is 5.83. The lowest BCUT2D eigenvalue weighted by molar-refractivity contribution is -0.140. The van der Waals surface area contributed by atoms with Crippen molar-refractivity contribution in [1.29, 1.82) is 0 Å². The highest BCUT2D eigenvalue weighted by Gasteiger charge is 2.40. The molecule has 0 heterocycles. The normalized spacial score (nSPS) is 27.5. The average Bonchev–Trinajstić information content (AvgIpc) is 2.97. The van der Waals surface area contributed by atoms with Crippen molar-refractivity contribution in [3.05, 3.63) is 24.3 Å². The van der Waals surface area contributed by atoms with Crippen LogP contribution in [-0.2, 0) is 9.53 Å². The Labute approximate surface area is 170 Å². The molecule has 0 radical (unpaired) electrons. The predicted octanol–water partition coefficient (Wildman–Crippen LogP) is 3.77. The lowest BCUT2D eigenvalue weighted by atomic mass is 9.85. The van der Waals surface area contributed by atoms with Crippen LogP contribution in [0.5, 0.6) is 0 Å². The molecule has 0 aliphatic heterocycles. The zero-order chi connectivity index (χ0) is 21.0. The highest BCUT2D eigenvalue weighted by molar-refractivity contribution is 5.69. The van der Waals surface area contributed by atoms with Crippen LogP contribution in [0.4, 0.5) is 0 Å². The first-order chi connectivity index (χ1) is 13.3. The van der Waals surface area contributed by atoms with Crippen molar-refractivity contribution in [2.75, 3.05) is 13.7 Å². The summed E-state index contributed by atoms with van der Waals surface area (Å²) in [6, 6.07) is 0. The first-order valence-electron chi connectivity index (χ1n) is 10.8. The van der Waals surface area contributed by atoms with Crippen molar-refractivity contribution in [1.82, 2.24) is 0 Å². The van der Waals surface area contributed by atoms with Crippen molar-refractivity contribution < 1.29 is 24.9 Å². The zero-order valence-corrected chi connectivity index (χ0v) is 17.8. The Bertz CT molecular complexity index is 497. The Kier molecular flexibility index (Phi) is 11.7. The summed E-state index contributed by atoms with van der Waals surface area (Å²) in [5.41, 5.74) is -0.850. The van der Waals surface area contributed by atoms with Gasteiger partial charge in [-0.2, -0.15) is 0 Å². The largest absolute Gasteiger partial charge is 0.469 e. The minimum atomic E-state index is -0.850. The Hall–Kier alpha value is -1.17. The Morgan fingerprint density at radius 3 is 2.64 bits per heavy atom. The molecule has 0 bridgehead atoms. The molecule has 1 unspecified atom stereocenters. The minimum Gasteiger partial charge on any atom is -0.469 e. The van der Waals surface area contributed by atoms with Crippen molar-refractivity contribution in [2.24, 2.45) is 17.8 Å². The van der Waals surface area contributed by atoms with Crippen LogP contribution >= 0.6 is 0 Å². The Balaban J connectivity index is 2.62. The molecule has 1 aliphatic carbocycles. The second kappa shape index (κ2) is 13.1. The molecular formula is C23H40O5. The number of rotatable bonds is 13. The highest BCUT2D eigenvalue weighted by Crippen LogP contribution is 2.40. The molecule has 0 amide bonds. The van der Waals surface area contributed by atoms with E-state index in [-0.39, 0.29) is 30.3 Å². The maximum absolute atomic E-state index is 11.1. The molecule has 0 aromatic carbocycles. The molecule has 5 atom stereocenters. The van der Waals surface area contributed by atoms with Gasteiger partial charge in [0.2, 0.25) is 0 Å². The summed E-state index contributed by atoms with van der Waals surface area (Å²) in [4.78, 5) is 11.1. The zero-order valence-electron chi connectivity index (χ0n) is 17.8. The number of aliphatic hydroxyl groups excluding tert-OH is 2. The molecule has 1 aliphatic rings. The number of hydrogen-bond acceptors (Lipinski definition) is 5. The number of aliphatic hydroxyl groups is 3. The molecule has 0 saturated heterocycles. The number of carbonyl (C=O) groups excluding carboxylic acids is 1. The minimum absolute atomic E-state index is 0.0235. The number of carbonyl (C=O) groups is 1. The van der Waals surface area contributed by atoms with E-state index < -0.39 is 11.7 Å². The van der Waals surface area contributed by atoms with Crippen LogP contribution < -0.4 is 0 Å². The quantitative estimate of drug-likeness (QED) is 0.251. The summed E-state index contributed by atoms with van der Waals surface area (Å²) < 4.78 is 4.63. The Morgan fingerprint density at radius 2 is 2.00 bits per heavy atom. The van der Waals surface area contributed by atoms with Crippen LogP contribution in [0.2, 0.25) is 0 Å². The first kappa shape index (κ1) is 24.9. The molecule has 1 saturated carbocycles. The van der Waals surface area contributed by atoms with Gasteiger partial charge >= 0.3 is 5.97 Å². The lowest BCUT2D eigenvalue weighted by Crippen LogP contribution is -2.23. The summed E-state index contributed by atoms with van der Waals surface area (Å²) in [5, 5.41) is 30.8. The van der Waals surface area contributed by atoms with Crippen molar-refractivity contribution in [3.63, 3.8) is 0 Å². The summed E-state index contributed by atoms with van der Waals surface area (Å²) in [6.07, 6.45) is 14.7. The third kappa shape index (κ3) is 8.89. The number of allylic oxidation sites excluding steroid dienone is 3.